The fraction of sp³-hybridized carbons (Fsp3) is 0.364. The van der Waals surface area contributed by atoms with Crippen molar-refractivity contribution in [3.8, 4) is 0 Å². The second kappa shape index (κ2) is 8.23. The van der Waals surface area contributed by atoms with Gasteiger partial charge in [0, 0.05) is 31.2 Å². The van der Waals surface area contributed by atoms with E-state index in [1.165, 1.54) is 11.1 Å². The van der Waals surface area contributed by atoms with E-state index < -0.39 is 0 Å². The molecule has 28 heavy (non-hydrogen) atoms. The van der Waals surface area contributed by atoms with Crippen LogP contribution in [0.3, 0.4) is 0 Å². The number of carbonyl (C=O) groups excluding carboxylic acids is 2. The Morgan fingerprint density at radius 1 is 0.964 bits per heavy atom. The maximum atomic E-state index is 12.7. The molecule has 1 saturated heterocycles. The highest BCUT2D eigenvalue weighted by atomic mass is 35.5. The van der Waals surface area contributed by atoms with Gasteiger partial charge in [-0.1, -0.05) is 48.0 Å². The van der Waals surface area contributed by atoms with Crippen molar-refractivity contribution >= 4 is 23.5 Å². The fourth-order valence-electron chi connectivity index (χ4n) is 4.00. The minimum atomic E-state index is -0.0356. The fourth-order valence-corrected chi connectivity index (χ4v) is 4.12. The summed E-state index contributed by atoms with van der Waals surface area (Å²) in [4.78, 5) is 28.8. The van der Waals surface area contributed by atoms with E-state index in [1.54, 1.807) is 12.1 Å². The van der Waals surface area contributed by atoms with Crippen LogP contribution in [-0.2, 0) is 17.6 Å². The Bertz CT molecular complexity index is 860. The number of nitrogens with zero attached hydrogens (tertiary/aromatic N) is 2. The zero-order chi connectivity index (χ0) is 19.5. The summed E-state index contributed by atoms with van der Waals surface area (Å²) in [5.74, 6) is 0.0899. The average molecular weight is 398 g/mol. The van der Waals surface area contributed by atoms with Crippen molar-refractivity contribution in [2.24, 2.45) is 0 Å². The molecule has 1 heterocycles. The third kappa shape index (κ3) is 4.14. The Balaban J connectivity index is 1.27. The van der Waals surface area contributed by atoms with E-state index in [-0.39, 0.29) is 18.0 Å². The molecule has 1 aliphatic heterocycles. The van der Waals surface area contributed by atoms with Crippen LogP contribution in [-0.4, -0.2) is 47.9 Å². The number of hydrogen-bond acceptors (Lipinski definition) is 2. The number of benzene rings is 2. The highest BCUT2D eigenvalue weighted by molar-refractivity contribution is 6.30. The van der Waals surface area contributed by atoms with E-state index in [0.29, 0.717) is 37.6 Å². The minimum Gasteiger partial charge on any atom is -0.339 e. The molecule has 2 aromatic carbocycles. The number of rotatable bonds is 3. The van der Waals surface area contributed by atoms with Crippen LogP contribution in [0.15, 0.2) is 48.5 Å². The van der Waals surface area contributed by atoms with Gasteiger partial charge in [0.2, 0.25) is 5.91 Å². The van der Waals surface area contributed by atoms with Crippen molar-refractivity contribution in [3.63, 3.8) is 0 Å². The van der Waals surface area contributed by atoms with E-state index in [9.17, 15) is 9.59 Å². The average Bonchev–Trinajstić information content (AvgIpc) is 3.13. The number of halogens is 1. The molecule has 1 unspecified atom stereocenters. The largest absolute Gasteiger partial charge is 0.339 e. The lowest BCUT2D eigenvalue weighted by atomic mass is 10.1. The standard InChI is InChI=1S/C22H24ClN3O2/c23-18-8-5-16(6-9-18)15-21(27)25-11-13-26(14-12-25)22(28)24-20-10-7-17-3-1-2-4-19(17)20/h1-6,8-9,20H,7,10-15H2,(H,24,28). The summed E-state index contributed by atoms with van der Waals surface area (Å²) < 4.78 is 0. The molecule has 1 aliphatic carbocycles. The molecule has 4 rings (SSSR count). The number of aryl methyl sites for hydroxylation is 1. The van der Waals surface area contributed by atoms with Crippen LogP contribution in [0.5, 0.6) is 0 Å². The van der Waals surface area contributed by atoms with Gasteiger partial charge in [0.25, 0.3) is 0 Å². The zero-order valence-corrected chi connectivity index (χ0v) is 16.5. The molecule has 0 bridgehead atoms. The summed E-state index contributed by atoms with van der Waals surface area (Å²) in [6, 6.07) is 15.7. The lowest BCUT2D eigenvalue weighted by Gasteiger charge is -2.35. The summed E-state index contributed by atoms with van der Waals surface area (Å²) >= 11 is 5.89. The molecule has 1 fully saturated rings. The van der Waals surface area contributed by atoms with Gasteiger partial charge in [-0.15, -0.1) is 0 Å². The first-order valence-electron chi connectivity index (χ1n) is 9.75. The first-order valence-corrected chi connectivity index (χ1v) is 10.1. The first kappa shape index (κ1) is 18.8. The Morgan fingerprint density at radius 3 is 2.39 bits per heavy atom. The maximum absolute atomic E-state index is 12.7. The highest BCUT2D eigenvalue weighted by Crippen LogP contribution is 2.30. The second-order valence-electron chi connectivity index (χ2n) is 7.41. The van der Waals surface area contributed by atoms with Crippen LogP contribution < -0.4 is 5.32 Å². The second-order valence-corrected chi connectivity index (χ2v) is 7.85. The van der Waals surface area contributed by atoms with Crippen molar-refractivity contribution in [2.45, 2.75) is 25.3 Å². The number of carbonyl (C=O) groups is 2. The van der Waals surface area contributed by atoms with Gasteiger partial charge in [-0.3, -0.25) is 4.79 Å². The quantitative estimate of drug-likeness (QED) is 0.862. The van der Waals surface area contributed by atoms with E-state index in [1.807, 2.05) is 34.1 Å². The van der Waals surface area contributed by atoms with Gasteiger partial charge in [-0.2, -0.15) is 0 Å². The molecular formula is C22H24ClN3O2. The number of piperazine rings is 1. The number of hydrogen-bond donors (Lipinski definition) is 1. The smallest absolute Gasteiger partial charge is 0.318 e. The van der Waals surface area contributed by atoms with Crippen LogP contribution in [0.2, 0.25) is 5.02 Å². The predicted molar refractivity (Wildman–Crippen MR) is 109 cm³/mol. The summed E-state index contributed by atoms with van der Waals surface area (Å²) in [5.41, 5.74) is 3.51. The minimum absolute atomic E-state index is 0.0356. The molecule has 6 heteroatoms. The number of urea groups is 1. The van der Waals surface area contributed by atoms with Gasteiger partial charge in [-0.05, 0) is 41.7 Å². The summed E-state index contributed by atoms with van der Waals surface area (Å²) in [6.45, 7) is 2.27. The van der Waals surface area contributed by atoms with Crippen LogP contribution in [0.25, 0.3) is 0 Å². The monoisotopic (exact) mass is 397 g/mol. The van der Waals surface area contributed by atoms with E-state index in [2.05, 4.69) is 17.4 Å². The maximum Gasteiger partial charge on any atom is 0.318 e. The number of nitrogens with one attached hydrogen (secondary N) is 1. The van der Waals surface area contributed by atoms with Gasteiger partial charge < -0.3 is 15.1 Å². The van der Waals surface area contributed by atoms with Gasteiger partial charge >= 0.3 is 6.03 Å². The lowest BCUT2D eigenvalue weighted by molar-refractivity contribution is -0.131. The Morgan fingerprint density at radius 2 is 1.64 bits per heavy atom. The van der Waals surface area contributed by atoms with Crippen LogP contribution in [0.4, 0.5) is 4.79 Å². The molecule has 0 radical (unpaired) electrons. The van der Waals surface area contributed by atoms with Gasteiger partial charge in [0.1, 0.15) is 0 Å². The SMILES string of the molecule is O=C(Cc1ccc(Cl)cc1)N1CCN(C(=O)NC2CCc3ccccc32)CC1. The molecule has 3 amide bonds. The highest BCUT2D eigenvalue weighted by Gasteiger charge is 2.28. The summed E-state index contributed by atoms with van der Waals surface area (Å²) in [7, 11) is 0. The third-order valence-corrected chi connectivity index (χ3v) is 5.87. The molecule has 1 atom stereocenters. The predicted octanol–water partition coefficient (Wildman–Crippen LogP) is 3.42. The van der Waals surface area contributed by atoms with Gasteiger partial charge in [-0.25, -0.2) is 4.79 Å². The lowest BCUT2D eigenvalue weighted by Crippen LogP contribution is -2.53. The Labute approximate surface area is 170 Å². The van der Waals surface area contributed by atoms with E-state index in [0.717, 1.165) is 18.4 Å². The van der Waals surface area contributed by atoms with Crippen LogP contribution in [0.1, 0.15) is 29.2 Å². The Kier molecular flexibility index (Phi) is 5.53. The van der Waals surface area contributed by atoms with E-state index >= 15 is 0 Å². The summed E-state index contributed by atoms with van der Waals surface area (Å²) in [5, 5.41) is 3.83. The van der Waals surface area contributed by atoms with Crippen molar-refractivity contribution in [1.29, 1.82) is 0 Å². The number of amides is 3. The van der Waals surface area contributed by atoms with Crippen molar-refractivity contribution in [2.75, 3.05) is 26.2 Å². The first-order chi connectivity index (χ1) is 13.6. The van der Waals surface area contributed by atoms with Gasteiger partial charge in [0.15, 0.2) is 0 Å². The molecule has 146 valence electrons. The van der Waals surface area contributed by atoms with Crippen molar-refractivity contribution in [1.82, 2.24) is 15.1 Å². The molecular weight excluding hydrogens is 374 g/mol. The molecule has 5 nitrogen and oxygen atoms in total. The molecule has 2 aliphatic rings. The molecule has 0 spiro atoms. The third-order valence-electron chi connectivity index (χ3n) is 5.62. The zero-order valence-electron chi connectivity index (χ0n) is 15.7. The number of fused-ring (bicyclic) bond motifs is 1. The topological polar surface area (TPSA) is 52.7 Å². The molecule has 0 aromatic heterocycles. The van der Waals surface area contributed by atoms with Gasteiger partial charge in [0.05, 0.1) is 12.5 Å². The van der Waals surface area contributed by atoms with Crippen LogP contribution >= 0.6 is 11.6 Å². The molecule has 2 aromatic rings. The summed E-state index contributed by atoms with van der Waals surface area (Å²) in [6.07, 6.45) is 2.32. The van der Waals surface area contributed by atoms with Crippen molar-refractivity contribution < 1.29 is 9.59 Å². The molecule has 0 saturated carbocycles. The Hall–Kier alpha value is -2.53. The molecule has 1 N–H and O–H groups in total. The normalized spacial score (nSPS) is 18.7. The van der Waals surface area contributed by atoms with Crippen LogP contribution in [0, 0.1) is 0 Å². The van der Waals surface area contributed by atoms with E-state index in [4.69, 9.17) is 11.6 Å². The van der Waals surface area contributed by atoms with Crippen molar-refractivity contribution in [3.05, 3.63) is 70.2 Å².